The topological polar surface area (TPSA) is 30.8 Å². The number of ether oxygens (including phenoxy) is 1. The van der Waals surface area contributed by atoms with Crippen molar-refractivity contribution in [3.8, 4) is 5.75 Å². The van der Waals surface area contributed by atoms with Crippen molar-refractivity contribution in [3.63, 3.8) is 0 Å². The molecular weight excluding hydrogens is 250 g/mol. The van der Waals surface area contributed by atoms with E-state index in [-0.39, 0.29) is 0 Å². The molecule has 0 bridgehead atoms. The van der Waals surface area contributed by atoms with Crippen LogP contribution >= 0.6 is 0 Å². The second-order valence-electron chi connectivity index (χ2n) is 4.34. The third kappa shape index (κ3) is 3.85. The summed E-state index contributed by atoms with van der Waals surface area (Å²) < 4.78 is 5.16. The molecule has 0 amide bonds. The van der Waals surface area contributed by atoms with Crippen molar-refractivity contribution in [2.24, 2.45) is 5.16 Å². The molecular formula is C17H18NO2. The molecule has 0 saturated carbocycles. The van der Waals surface area contributed by atoms with Crippen LogP contribution in [0.15, 0.2) is 53.7 Å². The lowest BCUT2D eigenvalue weighted by Gasteiger charge is -2.03. The van der Waals surface area contributed by atoms with E-state index in [1.807, 2.05) is 42.5 Å². The van der Waals surface area contributed by atoms with Crippen LogP contribution in [0.25, 0.3) is 0 Å². The predicted octanol–water partition coefficient (Wildman–Crippen LogP) is 3.69. The van der Waals surface area contributed by atoms with E-state index in [9.17, 15) is 0 Å². The fourth-order valence-corrected chi connectivity index (χ4v) is 1.89. The van der Waals surface area contributed by atoms with Gasteiger partial charge in [0.25, 0.3) is 0 Å². The van der Waals surface area contributed by atoms with Crippen molar-refractivity contribution in [1.29, 1.82) is 0 Å². The highest BCUT2D eigenvalue weighted by Crippen LogP contribution is 2.13. The largest absolute Gasteiger partial charge is 0.497 e. The minimum Gasteiger partial charge on any atom is -0.497 e. The Morgan fingerprint density at radius 2 is 1.95 bits per heavy atom. The molecule has 20 heavy (non-hydrogen) atoms. The minimum absolute atomic E-state index is 0.401. The van der Waals surface area contributed by atoms with E-state index in [0.29, 0.717) is 6.61 Å². The number of hydrogen-bond acceptors (Lipinski definition) is 3. The number of hydrogen-bond donors (Lipinski definition) is 0. The van der Waals surface area contributed by atoms with Crippen molar-refractivity contribution in [2.75, 3.05) is 7.11 Å². The first-order valence-corrected chi connectivity index (χ1v) is 6.62. The van der Waals surface area contributed by atoms with Crippen LogP contribution in [0.3, 0.4) is 0 Å². The predicted molar refractivity (Wildman–Crippen MR) is 80.1 cm³/mol. The highest BCUT2D eigenvalue weighted by atomic mass is 16.6. The summed E-state index contributed by atoms with van der Waals surface area (Å²) in [5, 5.41) is 3.91. The Labute approximate surface area is 119 Å². The minimum atomic E-state index is 0.401. The maximum absolute atomic E-state index is 5.28. The zero-order chi connectivity index (χ0) is 14.2. The van der Waals surface area contributed by atoms with Crippen molar-refractivity contribution < 1.29 is 9.57 Å². The Kier molecular flexibility index (Phi) is 5.18. The monoisotopic (exact) mass is 268 g/mol. The van der Waals surface area contributed by atoms with Gasteiger partial charge in [0, 0.05) is 5.56 Å². The average molecular weight is 268 g/mol. The molecule has 2 aromatic rings. The number of methoxy groups -OCH3 is 1. The second-order valence-corrected chi connectivity index (χ2v) is 4.34. The van der Waals surface area contributed by atoms with E-state index >= 15 is 0 Å². The van der Waals surface area contributed by atoms with Crippen molar-refractivity contribution in [1.82, 2.24) is 0 Å². The van der Waals surface area contributed by atoms with Gasteiger partial charge in [0.1, 0.15) is 18.6 Å². The Morgan fingerprint density at radius 1 is 1.10 bits per heavy atom. The lowest BCUT2D eigenvalue weighted by atomic mass is 10.1. The molecule has 2 aromatic carbocycles. The highest BCUT2D eigenvalue weighted by Gasteiger charge is 1.98. The molecule has 103 valence electrons. The fraction of sp³-hybridized carbons (Fsp3) is 0.235. The number of nitrogens with zero attached hydrogens (tertiary/aromatic N) is 1. The first-order valence-electron chi connectivity index (χ1n) is 6.62. The van der Waals surface area contributed by atoms with E-state index in [1.165, 1.54) is 5.56 Å². The molecule has 3 nitrogen and oxygen atoms in total. The fourth-order valence-electron chi connectivity index (χ4n) is 1.89. The Balaban J connectivity index is 1.93. The summed E-state index contributed by atoms with van der Waals surface area (Å²) in [5.41, 5.74) is 3.19. The van der Waals surface area contributed by atoms with Crippen LogP contribution in [0, 0.1) is 0 Å². The van der Waals surface area contributed by atoms with E-state index in [2.05, 4.69) is 24.4 Å². The van der Waals surface area contributed by atoms with Gasteiger partial charge in [-0.05, 0) is 29.7 Å². The third-order valence-corrected chi connectivity index (χ3v) is 2.99. The normalized spacial score (nSPS) is 10.7. The van der Waals surface area contributed by atoms with Crippen LogP contribution in [0.2, 0.25) is 0 Å². The van der Waals surface area contributed by atoms with Gasteiger partial charge in [0.15, 0.2) is 0 Å². The second kappa shape index (κ2) is 7.34. The van der Waals surface area contributed by atoms with E-state index in [4.69, 9.17) is 9.57 Å². The lowest BCUT2D eigenvalue weighted by Crippen LogP contribution is -1.92. The van der Waals surface area contributed by atoms with Crippen molar-refractivity contribution in [3.05, 3.63) is 65.2 Å². The molecule has 0 aliphatic carbocycles. The molecule has 0 aromatic heterocycles. The smallest absolute Gasteiger partial charge is 0.142 e. The van der Waals surface area contributed by atoms with Gasteiger partial charge in [-0.2, -0.15) is 0 Å². The van der Waals surface area contributed by atoms with Crippen LogP contribution in [-0.4, -0.2) is 13.3 Å². The first-order chi connectivity index (χ1) is 9.83. The summed E-state index contributed by atoms with van der Waals surface area (Å²) in [6.07, 6.45) is 3.89. The summed E-state index contributed by atoms with van der Waals surface area (Å²) in [5.74, 6) is 0.815. The summed E-state index contributed by atoms with van der Waals surface area (Å²) in [4.78, 5) is 5.28. The maximum Gasteiger partial charge on any atom is 0.142 e. The van der Waals surface area contributed by atoms with Gasteiger partial charge >= 0.3 is 0 Å². The molecule has 0 aliphatic heterocycles. The van der Waals surface area contributed by atoms with Crippen LogP contribution in [0.1, 0.15) is 23.6 Å². The molecule has 0 unspecified atom stereocenters. The Morgan fingerprint density at radius 3 is 2.75 bits per heavy atom. The summed E-state index contributed by atoms with van der Waals surface area (Å²) in [6.45, 7) is 2.51. The van der Waals surface area contributed by atoms with Gasteiger partial charge < -0.3 is 9.57 Å². The van der Waals surface area contributed by atoms with Crippen LogP contribution in [0.4, 0.5) is 0 Å². The van der Waals surface area contributed by atoms with E-state index in [0.717, 1.165) is 23.3 Å². The van der Waals surface area contributed by atoms with E-state index < -0.39 is 0 Å². The Bertz CT molecular complexity index is 579. The van der Waals surface area contributed by atoms with Gasteiger partial charge in [0.05, 0.1) is 7.11 Å². The molecule has 0 fully saturated rings. The van der Waals surface area contributed by atoms with Crippen LogP contribution in [-0.2, 0) is 17.9 Å². The molecule has 0 spiro atoms. The molecule has 0 saturated heterocycles. The zero-order valence-electron chi connectivity index (χ0n) is 11.8. The number of rotatable bonds is 6. The SMILES string of the molecule is CCc1ccccc1/[C]=N\OCc1cccc(OC)c1. The van der Waals surface area contributed by atoms with Crippen molar-refractivity contribution in [2.45, 2.75) is 20.0 Å². The Hall–Kier alpha value is -2.29. The highest BCUT2D eigenvalue weighted by molar-refractivity contribution is 5.81. The zero-order valence-corrected chi connectivity index (χ0v) is 11.8. The van der Waals surface area contributed by atoms with Gasteiger partial charge in [-0.1, -0.05) is 48.5 Å². The van der Waals surface area contributed by atoms with E-state index in [1.54, 1.807) is 7.11 Å². The molecule has 0 heterocycles. The molecule has 0 N–H and O–H groups in total. The number of benzene rings is 2. The quantitative estimate of drug-likeness (QED) is 0.591. The number of aryl methyl sites for hydroxylation is 1. The molecule has 1 radical (unpaired) electrons. The van der Waals surface area contributed by atoms with Crippen LogP contribution < -0.4 is 4.74 Å². The van der Waals surface area contributed by atoms with Gasteiger partial charge in [-0.25, -0.2) is 0 Å². The molecule has 2 rings (SSSR count). The van der Waals surface area contributed by atoms with Crippen molar-refractivity contribution >= 4 is 6.21 Å². The molecule has 0 aliphatic rings. The molecule has 3 heteroatoms. The first kappa shape index (κ1) is 14.1. The summed E-state index contributed by atoms with van der Waals surface area (Å²) in [7, 11) is 1.65. The lowest BCUT2D eigenvalue weighted by molar-refractivity contribution is 0.132. The third-order valence-electron chi connectivity index (χ3n) is 2.99. The summed E-state index contributed by atoms with van der Waals surface area (Å²) in [6, 6.07) is 15.8. The molecule has 0 atom stereocenters. The standard InChI is InChI=1S/C17H18NO2/c1-3-15-8-4-5-9-16(15)12-18-20-13-14-7-6-10-17(11-14)19-2/h4-11H,3,13H2,1-2H3. The van der Waals surface area contributed by atoms with Gasteiger partial charge in [-0.15, -0.1) is 0 Å². The van der Waals surface area contributed by atoms with Crippen LogP contribution in [0.5, 0.6) is 5.75 Å². The average Bonchev–Trinajstić information content (AvgIpc) is 2.52. The van der Waals surface area contributed by atoms with Gasteiger partial charge in [-0.3, -0.25) is 0 Å². The van der Waals surface area contributed by atoms with Gasteiger partial charge in [0.2, 0.25) is 0 Å². The maximum atomic E-state index is 5.28. The summed E-state index contributed by atoms with van der Waals surface area (Å²) >= 11 is 0.